The van der Waals surface area contributed by atoms with Crippen LogP contribution in [0.4, 0.5) is 10.5 Å². The number of amides is 2. The smallest absolute Gasteiger partial charge is 0.337 e. The van der Waals surface area contributed by atoms with Crippen LogP contribution in [0.5, 0.6) is 0 Å². The summed E-state index contributed by atoms with van der Waals surface area (Å²) < 4.78 is 4.96. The van der Waals surface area contributed by atoms with Gasteiger partial charge in [-0.2, -0.15) is 0 Å². The number of anilines is 1. The molecule has 0 aliphatic rings. The van der Waals surface area contributed by atoms with Crippen LogP contribution in [-0.4, -0.2) is 37.4 Å². The first-order chi connectivity index (χ1) is 9.43. The van der Waals surface area contributed by atoms with Gasteiger partial charge in [0, 0.05) is 19.3 Å². The molecule has 1 aromatic rings. The normalized spacial score (nSPS) is 11.8. The lowest BCUT2D eigenvalue weighted by molar-refractivity contribution is 0.0697. The van der Waals surface area contributed by atoms with Crippen molar-refractivity contribution in [1.29, 1.82) is 0 Å². The lowest BCUT2D eigenvalue weighted by Gasteiger charge is -2.12. The number of hydrogen-bond donors (Lipinski definition) is 3. The highest BCUT2D eigenvalue weighted by Gasteiger charge is 2.10. The Morgan fingerprint density at radius 1 is 1.45 bits per heavy atom. The van der Waals surface area contributed by atoms with E-state index >= 15 is 0 Å². The molecule has 0 bridgehead atoms. The second-order valence-corrected chi connectivity index (χ2v) is 4.80. The summed E-state index contributed by atoms with van der Waals surface area (Å²) in [5.74, 6) is -0.914. The number of nitrogens with one attached hydrogen (secondary N) is 2. The van der Waals surface area contributed by atoms with Crippen LogP contribution in [0.3, 0.4) is 0 Å². The molecule has 0 radical (unpaired) electrons. The highest BCUT2D eigenvalue weighted by atomic mass is 35.5. The fourth-order valence-electron chi connectivity index (χ4n) is 1.55. The van der Waals surface area contributed by atoms with Crippen molar-refractivity contribution in [2.24, 2.45) is 5.92 Å². The standard InChI is InChI=1S/C13H17ClN2O4/c1-8(7-20-2)6-15-13(19)16-9-3-4-10(12(17)18)11(14)5-9/h3-5,8H,6-7H2,1-2H3,(H,17,18)(H2,15,16,19). The molecular formula is C13H17ClN2O4. The summed E-state index contributed by atoms with van der Waals surface area (Å²) in [5.41, 5.74) is 0.420. The van der Waals surface area contributed by atoms with Gasteiger partial charge in [0.2, 0.25) is 0 Å². The maximum atomic E-state index is 11.6. The van der Waals surface area contributed by atoms with Crippen LogP contribution >= 0.6 is 11.6 Å². The van der Waals surface area contributed by atoms with Gasteiger partial charge in [0.15, 0.2) is 0 Å². The van der Waals surface area contributed by atoms with E-state index in [0.717, 1.165) is 0 Å². The molecule has 0 heterocycles. The van der Waals surface area contributed by atoms with Crippen molar-refractivity contribution in [1.82, 2.24) is 5.32 Å². The number of urea groups is 1. The van der Waals surface area contributed by atoms with Crippen molar-refractivity contribution in [3.8, 4) is 0 Å². The first-order valence-corrected chi connectivity index (χ1v) is 6.38. The number of aromatic carboxylic acids is 1. The molecule has 1 rings (SSSR count). The maximum absolute atomic E-state index is 11.6. The van der Waals surface area contributed by atoms with E-state index in [4.69, 9.17) is 21.4 Å². The van der Waals surface area contributed by atoms with Gasteiger partial charge in [0.1, 0.15) is 0 Å². The van der Waals surface area contributed by atoms with E-state index in [1.807, 2.05) is 6.92 Å². The summed E-state index contributed by atoms with van der Waals surface area (Å²) in [5, 5.41) is 14.2. The number of carbonyl (C=O) groups excluding carboxylic acids is 1. The minimum absolute atomic E-state index is 0.00802. The Bertz CT molecular complexity index is 493. The molecule has 110 valence electrons. The van der Waals surface area contributed by atoms with E-state index in [2.05, 4.69) is 10.6 Å². The Kier molecular flexibility index (Phi) is 6.27. The lowest BCUT2D eigenvalue weighted by Crippen LogP contribution is -2.33. The van der Waals surface area contributed by atoms with Gasteiger partial charge in [-0.05, 0) is 24.1 Å². The highest BCUT2D eigenvalue weighted by Crippen LogP contribution is 2.20. The van der Waals surface area contributed by atoms with Crippen LogP contribution in [0.15, 0.2) is 18.2 Å². The quantitative estimate of drug-likeness (QED) is 0.753. The van der Waals surface area contributed by atoms with Crippen molar-refractivity contribution >= 4 is 29.3 Å². The molecule has 1 atom stereocenters. The molecule has 0 saturated heterocycles. The number of benzene rings is 1. The van der Waals surface area contributed by atoms with E-state index in [-0.39, 0.29) is 22.5 Å². The summed E-state index contributed by atoms with van der Waals surface area (Å²) in [6, 6.07) is 3.83. The third-order valence-corrected chi connectivity index (χ3v) is 2.83. The molecule has 1 unspecified atom stereocenters. The Morgan fingerprint density at radius 2 is 2.15 bits per heavy atom. The van der Waals surface area contributed by atoms with E-state index in [0.29, 0.717) is 18.8 Å². The minimum atomic E-state index is -1.11. The van der Waals surface area contributed by atoms with Crippen LogP contribution in [0.2, 0.25) is 5.02 Å². The Balaban J connectivity index is 2.54. The average molecular weight is 301 g/mol. The molecule has 0 aliphatic heterocycles. The third kappa shape index (κ3) is 5.07. The molecule has 1 aromatic carbocycles. The van der Waals surface area contributed by atoms with Crippen molar-refractivity contribution in [2.75, 3.05) is 25.6 Å². The Morgan fingerprint density at radius 3 is 2.70 bits per heavy atom. The topological polar surface area (TPSA) is 87.7 Å². The van der Waals surface area contributed by atoms with Gasteiger partial charge in [-0.15, -0.1) is 0 Å². The number of carboxylic acids is 1. The predicted octanol–water partition coefficient (Wildman–Crippen LogP) is 2.44. The molecule has 0 spiro atoms. The van der Waals surface area contributed by atoms with Crippen LogP contribution in [0.1, 0.15) is 17.3 Å². The molecule has 3 N–H and O–H groups in total. The predicted molar refractivity (Wildman–Crippen MR) is 76.5 cm³/mol. The third-order valence-electron chi connectivity index (χ3n) is 2.52. The van der Waals surface area contributed by atoms with Gasteiger partial charge in [-0.1, -0.05) is 18.5 Å². The van der Waals surface area contributed by atoms with Crippen molar-refractivity contribution < 1.29 is 19.4 Å². The van der Waals surface area contributed by atoms with Gasteiger partial charge in [-0.3, -0.25) is 0 Å². The van der Waals surface area contributed by atoms with E-state index in [1.165, 1.54) is 18.2 Å². The minimum Gasteiger partial charge on any atom is -0.478 e. The average Bonchev–Trinajstić information content (AvgIpc) is 2.36. The highest BCUT2D eigenvalue weighted by molar-refractivity contribution is 6.33. The van der Waals surface area contributed by atoms with E-state index < -0.39 is 5.97 Å². The molecule has 0 fully saturated rings. The first kappa shape index (κ1) is 16.3. The second-order valence-electron chi connectivity index (χ2n) is 4.40. The Labute approximate surface area is 122 Å². The lowest BCUT2D eigenvalue weighted by atomic mass is 10.2. The number of rotatable bonds is 6. The molecule has 6 nitrogen and oxygen atoms in total. The van der Waals surface area contributed by atoms with Crippen LogP contribution in [-0.2, 0) is 4.74 Å². The number of carboxylic acid groups (broad SMARTS) is 1. The molecule has 20 heavy (non-hydrogen) atoms. The number of carbonyl (C=O) groups is 2. The van der Waals surface area contributed by atoms with Gasteiger partial charge < -0.3 is 20.5 Å². The Hall–Kier alpha value is -1.79. The van der Waals surface area contributed by atoms with Crippen LogP contribution < -0.4 is 10.6 Å². The number of halogens is 1. The first-order valence-electron chi connectivity index (χ1n) is 6.00. The van der Waals surface area contributed by atoms with Gasteiger partial charge in [0.05, 0.1) is 17.2 Å². The summed E-state index contributed by atoms with van der Waals surface area (Å²) in [4.78, 5) is 22.4. The zero-order valence-electron chi connectivity index (χ0n) is 11.3. The van der Waals surface area contributed by atoms with Crippen LogP contribution in [0, 0.1) is 5.92 Å². The molecule has 0 aromatic heterocycles. The van der Waals surface area contributed by atoms with Crippen molar-refractivity contribution in [2.45, 2.75) is 6.92 Å². The fourth-order valence-corrected chi connectivity index (χ4v) is 1.81. The van der Waals surface area contributed by atoms with Crippen molar-refractivity contribution in [3.63, 3.8) is 0 Å². The summed E-state index contributed by atoms with van der Waals surface area (Å²) in [7, 11) is 1.60. The van der Waals surface area contributed by atoms with Crippen molar-refractivity contribution in [3.05, 3.63) is 28.8 Å². The SMILES string of the molecule is COCC(C)CNC(=O)Nc1ccc(C(=O)O)c(Cl)c1. The van der Waals surface area contributed by atoms with E-state index in [9.17, 15) is 9.59 Å². The van der Waals surface area contributed by atoms with Gasteiger partial charge in [-0.25, -0.2) is 9.59 Å². The zero-order chi connectivity index (χ0) is 15.1. The number of hydrogen-bond acceptors (Lipinski definition) is 3. The molecule has 0 aliphatic carbocycles. The molecule has 0 saturated carbocycles. The van der Waals surface area contributed by atoms with Crippen LogP contribution in [0.25, 0.3) is 0 Å². The fraction of sp³-hybridized carbons (Fsp3) is 0.385. The van der Waals surface area contributed by atoms with Gasteiger partial charge in [0.25, 0.3) is 0 Å². The monoisotopic (exact) mass is 300 g/mol. The zero-order valence-corrected chi connectivity index (χ0v) is 12.0. The maximum Gasteiger partial charge on any atom is 0.337 e. The number of ether oxygens (including phenoxy) is 1. The second kappa shape index (κ2) is 7.72. The number of methoxy groups -OCH3 is 1. The summed E-state index contributed by atoms with van der Waals surface area (Å²) >= 11 is 5.81. The molecular weight excluding hydrogens is 284 g/mol. The summed E-state index contributed by atoms with van der Waals surface area (Å²) in [6.45, 7) is 2.97. The van der Waals surface area contributed by atoms with Gasteiger partial charge >= 0.3 is 12.0 Å². The molecule has 7 heteroatoms. The van der Waals surface area contributed by atoms with E-state index in [1.54, 1.807) is 7.11 Å². The largest absolute Gasteiger partial charge is 0.478 e. The summed E-state index contributed by atoms with van der Waals surface area (Å²) in [6.07, 6.45) is 0. The molecule has 2 amide bonds.